The first-order valence-corrected chi connectivity index (χ1v) is 6.73. The van der Waals surface area contributed by atoms with Gasteiger partial charge in [-0.1, -0.05) is 0 Å². The lowest BCUT2D eigenvalue weighted by atomic mass is 10.2. The van der Waals surface area contributed by atoms with Gasteiger partial charge in [-0.3, -0.25) is 4.40 Å². The third-order valence-corrected chi connectivity index (χ3v) is 3.77. The minimum atomic E-state index is -1.20. The lowest BCUT2D eigenvalue weighted by Gasteiger charge is -2.08. The summed E-state index contributed by atoms with van der Waals surface area (Å²) in [4.78, 5) is 5.19. The van der Waals surface area contributed by atoms with Crippen LogP contribution in [0.25, 0.3) is 4.96 Å². The monoisotopic (exact) mass is 297 g/mol. The van der Waals surface area contributed by atoms with Gasteiger partial charge in [0.05, 0.1) is 23.6 Å². The molecule has 0 atom stereocenters. The SMILES string of the molecule is Cc1nc2sccn2c1CNc1cc(F)c(F)cc1F. The number of hydrogen-bond acceptors (Lipinski definition) is 3. The van der Waals surface area contributed by atoms with Crippen molar-refractivity contribution in [2.24, 2.45) is 0 Å². The van der Waals surface area contributed by atoms with E-state index in [1.54, 1.807) is 0 Å². The lowest BCUT2D eigenvalue weighted by Crippen LogP contribution is -2.06. The van der Waals surface area contributed by atoms with Crippen LogP contribution >= 0.6 is 11.3 Å². The highest BCUT2D eigenvalue weighted by Crippen LogP contribution is 2.21. The van der Waals surface area contributed by atoms with Crippen LogP contribution in [0, 0.1) is 24.4 Å². The lowest BCUT2D eigenvalue weighted by molar-refractivity contribution is 0.496. The van der Waals surface area contributed by atoms with Gasteiger partial charge >= 0.3 is 0 Å². The largest absolute Gasteiger partial charge is 0.377 e. The second-order valence-electron chi connectivity index (χ2n) is 4.30. The minimum Gasteiger partial charge on any atom is -0.377 e. The zero-order valence-corrected chi connectivity index (χ0v) is 11.3. The van der Waals surface area contributed by atoms with Gasteiger partial charge in [-0.15, -0.1) is 11.3 Å². The Bertz CT molecular complexity index is 779. The third-order valence-electron chi connectivity index (χ3n) is 3.02. The molecule has 0 spiro atoms. The number of anilines is 1. The smallest absolute Gasteiger partial charge is 0.194 e. The van der Waals surface area contributed by atoms with Crippen molar-refractivity contribution in [2.75, 3.05) is 5.32 Å². The van der Waals surface area contributed by atoms with E-state index in [9.17, 15) is 13.2 Å². The van der Waals surface area contributed by atoms with E-state index in [4.69, 9.17) is 0 Å². The van der Waals surface area contributed by atoms with Gasteiger partial charge in [0.15, 0.2) is 16.6 Å². The molecule has 0 fully saturated rings. The number of nitrogens with one attached hydrogen (secondary N) is 1. The average Bonchev–Trinajstić information content (AvgIpc) is 2.93. The van der Waals surface area contributed by atoms with Crippen LogP contribution in [0.4, 0.5) is 18.9 Å². The molecule has 0 unspecified atom stereocenters. The summed E-state index contributed by atoms with van der Waals surface area (Å²) >= 11 is 1.49. The molecule has 0 aliphatic carbocycles. The Morgan fingerprint density at radius 3 is 2.75 bits per heavy atom. The molecule has 20 heavy (non-hydrogen) atoms. The average molecular weight is 297 g/mol. The van der Waals surface area contributed by atoms with Crippen molar-refractivity contribution >= 4 is 22.0 Å². The number of fused-ring (bicyclic) bond motifs is 1. The van der Waals surface area contributed by atoms with E-state index in [2.05, 4.69) is 10.3 Å². The fourth-order valence-corrected chi connectivity index (χ4v) is 2.77. The first-order chi connectivity index (χ1) is 9.56. The van der Waals surface area contributed by atoms with Gasteiger partial charge in [0.2, 0.25) is 0 Å². The molecule has 0 radical (unpaired) electrons. The van der Waals surface area contributed by atoms with Crippen molar-refractivity contribution in [3.63, 3.8) is 0 Å². The fourth-order valence-electron chi connectivity index (χ4n) is 1.99. The maximum absolute atomic E-state index is 13.5. The Kier molecular flexibility index (Phi) is 3.13. The molecule has 0 amide bonds. The Balaban J connectivity index is 1.88. The summed E-state index contributed by atoms with van der Waals surface area (Å²) in [5, 5.41) is 4.66. The van der Waals surface area contributed by atoms with Crippen molar-refractivity contribution in [2.45, 2.75) is 13.5 Å². The Morgan fingerprint density at radius 2 is 1.95 bits per heavy atom. The summed E-state index contributed by atoms with van der Waals surface area (Å²) in [6, 6.07) is 1.34. The number of aromatic nitrogens is 2. The first kappa shape index (κ1) is 13.0. The van der Waals surface area contributed by atoms with Gasteiger partial charge in [-0.25, -0.2) is 18.2 Å². The van der Waals surface area contributed by atoms with E-state index in [-0.39, 0.29) is 12.2 Å². The molecule has 0 bridgehead atoms. The molecular formula is C13H10F3N3S. The Morgan fingerprint density at radius 1 is 1.20 bits per heavy atom. The highest BCUT2D eigenvalue weighted by Gasteiger charge is 2.12. The van der Waals surface area contributed by atoms with Crippen molar-refractivity contribution in [1.29, 1.82) is 0 Å². The topological polar surface area (TPSA) is 29.3 Å². The molecule has 0 aliphatic rings. The Labute approximate surface area is 116 Å². The normalized spacial score (nSPS) is 11.2. The summed E-state index contributed by atoms with van der Waals surface area (Å²) < 4.78 is 41.4. The number of hydrogen-bond donors (Lipinski definition) is 1. The van der Waals surface area contributed by atoms with Crippen LogP contribution < -0.4 is 5.32 Å². The van der Waals surface area contributed by atoms with Crippen LogP contribution in [0.3, 0.4) is 0 Å². The molecule has 1 aromatic carbocycles. The van der Waals surface area contributed by atoms with Gasteiger partial charge in [-0.2, -0.15) is 0 Å². The highest BCUT2D eigenvalue weighted by molar-refractivity contribution is 7.15. The van der Waals surface area contributed by atoms with Gasteiger partial charge in [0.25, 0.3) is 0 Å². The molecular weight excluding hydrogens is 287 g/mol. The zero-order valence-electron chi connectivity index (χ0n) is 10.5. The van der Waals surface area contributed by atoms with Crippen molar-refractivity contribution in [3.05, 3.63) is 52.5 Å². The molecule has 3 nitrogen and oxygen atoms in total. The number of halogens is 3. The first-order valence-electron chi connectivity index (χ1n) is 5.85. The standard InChI is InChI=1S/C13H10F3N3S/c1-7-12(19-2-3-20-13(19)18-7)6-17-11-5-9(15)8(14)4-10(11)16/h2-5,17H,6H2,1H3. The summed E-state index contributed by atoms with van der Waals surface area (Å²) in [6.45, 7) is 2.12. The van der Waals surface area contributed by atoms with Crippen molar-refractivity contribution in [1.82, 2.24) is 9.38 Å². The number of aryl methyl sites for hydroxylation is 1. The number of benzene rings is 1. The van der Waals surface area contributed by atoms with Gasteiger partial charge in [0, 0.05) is 23.7 Å². The number of rotatable bonds is 3. The maximum atomic E-state index is 13.5. The van der Waals surface area contributed by atoms with Crippen LogP contribution in [-0.4, -0.2) is 9.38 Å². The van der Waals surface area contributed by atoms with E-state index in [0.29, 0.717) is 6.07 Å². The summed E-state index contributed by atoms with van der Waals surface area (Å²) in [7, 11) is 0. The molecule has 3 rings (SSSR count). The second-order valence-corrected chi connectivity index (χ2v) is 5.17. The van der Waals surface area contributed by atoms with Crippen LogP contribution in [0.2, 0.25) is 0 Å². The third kappa shape index (κ3) is 2.14. The zero-order chi connectivity index (χ0) is 14.3. The summed E-state index contributed by atoms with van der Waals surface area (Å²) in [5.41, 5.74) is 1.59. The quantitative estimate of drug-likeness (QED) is 0.746. The van der Waals surface area contributed by atoms with Crippen LogP contribution in [0.1, 0.15) is 11.4 Å². The number of nitrogens with zero attached hydrogens (tertiary/aromatic N) is 2. The van der Waals surface area contributed by atoms with Gasteiger partial charge in [-0.05, 0) is 6.92 Å². The molecule has 0 aliphatic heterocycles. The Hall–Kier alpha value is -2.02. The fraction of sp³-hybridized carbons (Fsp3) is 0.154. The van der Waals surface area contributed by atoms with E-state index in [1.807, 2.05) is 22.9 Å². The van der Waals surface area contributed by atoms with E-state index >= 15 is 0 Å². The highest BCUT2D eigenvalue weighted by atomic mass is 32.1. The molecule has 1 N–H and O–H groups in total. The van der Waals surface area contributed by atoms with Crippen LogP contribution in [-0.2, 0) is 6.54 Å². The van der Waals surface area contributed by atoms with Crippen molar-refractivity contribution < 1.29 is 13.2 Å². The van der Waals surface area contributed by atoms with Crippen LogP contribution in [0.5, 0.6) is 0 Å². The molecule has 2 heterocycles. The number of thiazole rings is 1. The van der Waals surface area contributed by atoms with E-state index in [1.165, 1.54) is 11.3 Å². The van der Waals surface area contributed by atoms with E-state index < -0.39 is 17.5 Å². The van der Waals surface area contributed by atoms with Crippen LogP contribution in [0.15, 0.2) is 23.7 Å². The minimum absolute atomic E-state index is 0.0755. The molecule has 3 aromatic rings. The van der Waals surface area contributed by atoms with Crippen molar-refractivity contribution in [3.8, 4) is 0 Å². The predicted molar refractivity (Wildman–Crippen MR) is 71.4 cm³/mol. The number of imidazole rings is 1. The summed E-state index contributed by atoms with van der Waals surface area (Å²) in [5.74, 6) is -3.11. The van der Waals surface area contributed by atoms with E-state index in [0.717, 1.165) is 22.4 Å². The molecule has 0 saturated heterocycles. The summed E-state index contributed by atoms with van der Waals surface area (Å²) in [6.07, 6.45) is 1.86. The second kappa shape index (κ2) is 4.82. The molecule has 2 aromatic heterocycles. The molecule has 7 heteroatoms. The van der Waals surface area contributed by atoms with Gasteiger partial charge < -0.3 is 5.32 Å². The maximum Gasteiger partial charge on any atom is 0.194 e. The van der Waals surface area contributed by atoms with Gasteiger partial charge in [0.1, 0.15) is 5.82 Å². The molecule has 0 saturated carbocycles. The molecule has 104 valence electrons. The predicted octanol–water partition coefficient (Wildman–Crippen LogP) is 3.73.